The van der Waals surface area contributed by atoms with Gasteiger partial charge in [0.2, 0.25) is 5.95 Å². The van der Waals surface area contributed by atoms with Gasteiger partial charge in [0.05, 0.1) is 18.5 Å². The van der Waals surface area contributed by atoms with Gasteiger partial charge in [0.1, 0.15) is 11.6 Å². The molecule has 0 saturated carbocycles. The van der Waals surface area contributed by atoms with E-state index in [4.69, 9.17) is 14.4 Å². The van der Waals surface area contributed by atoms with E-state index < -0.39 is 0 Å². The lowest BCUT2D eigenvalue weighted by Gasteiger charge is -2.30. The predicted octanol–water partition coefficient (Wildman–Crippen LogP) is 4.59. The largest absolute Gasteiger partial charge is 0.467 e. The van der Waals surface area contributed by atoms with Crippen LogP contribution in [0.25, 0.3) is 11.3 Å². The van der Waals surface area contributed by atoms with Crippen LogP contribution in [-0.4, -0.2) is 23.1 Å². The van der Waals surface area contributed by atoms with Crippen LogP contribution in [0.4, 0.5) is 11.8 Å². The average Bonchev–Trinajstić information content (AvgIpc) is 3.21. The second kappa shape index (κ2) is 7.60. The number of anilines is 2. The van der Waals surface area contributed by atoms with Crippen molar-refractivity contribution in [2.75, 3.05) is 23.3 Å². The molecule has 134 valence electrons. The van der Waals surface area contributed by atoms with E-state index in [2.05, 4.69) is 29.3 Å². The molecule has 1 aromatic carbocycles. The summed E-state index contributed by atoms with van der Waals surface area (Å²) in [5.41, 5.74) is 2.04. The molecule has 1 N–H and O–H groups in total. The predicted molar refractivity (Wildman–Crippen MR) is 104 cm³/mol. The highest BCUT2D eigenvalue weighted by molar-refractivity contribution is 5.64. The van der Waals surface area contributed by atoms with Gasteiger partial charge in [-0.1, -0.05) is 37.3 Å². The maximum atomic E-state index is 5.41. The zero-order chi connectivity index (χ0) is 17.8. The second-order valence-electron chi connectivity index (χ2n) is 6.91. The number of rotatable bonds is 5. The SMILES string of the molecule is CC1CCN(c2nc(NCc3ccco3)cc(-c3ccccc3)n2)CC1. The molecule has 0 radical (unpaired) electrons. The molecule has 1 aliphatic heterocycles. The lowest BCUT2D eigenvalue weighted by Crippen LogP contribution is -2.34. The zero-order valence-corrected chi connectivity index (χ0v) is 15.1. The summed E-state index contributed by atoms with van der Waals surface area (Å²) < 4.78 is 5.41. The second-order valence-corrected chi connectivity index (χ2v) is 6.91. The molecule has 0 aliphatic carbocycles. The first-order chi connectivity index (χ1) is 12.8. The van der Waals surface area contributed by atoms with Gasteiger partial charge in [0.25, 0.3) is 0 Å². The molecule has 1 aliphatic rings. The van der Waals surface area contributed by atoms with Crippen molar-refractivity contribution in [3.63, 3.8) is 0 Å². The molecular formula is C21H24N4O. The summed E-state index contributed by atoms with van der Waals surface area (Å²) in [6.07, 6.45) is 4.06. The Labute approximate surface area is 154 Å². The van der Waals surface area contributed by atoms with E-state index in [1.165, 1.54) is 12.8 Å². The van der Waals surface area contributed by atoms with Crippen LogP contribution in [0.3, 0.4) is 0 Å². The van der Waals surface area contributed by atoms with Crippen LogP contribution < -0.4 is 10.2 Å². The van der Waals surface area contributed by atoms with E-state index in [9.17, 15) is 0 Å². The highest BCUT2D eigenvalue weighted by Crippen LogP contribution is 2.26. The van der Waals surface area contributed by atoms with Crippen molar-refractivity contribution in [3.05, 3.63) is 60.6 Å². The van der Waals surface area contributed by atoms with E-state index >= 15 is 0 Å². The number of nitrogens with zero attached hydrogens (tertiary/aromatic N) is 3. The van der Waals surface area contributed by atoms with Gasteiger partial charge in [-0.25, -0.2) is 4.98 Å². The fourth-order valence-electron chi connectivity index (χ4n) is 3.22. The molecule has 3 heterocycles. The number of furan rings is 1. The Kier molecular flexibility index (Phi) is 4.86. The maximum Gasteiger partial charge on any atom is 0.227 e. The third-order valence-corrected chi connectivity index (χ3v) is 4.87. The average molecular weight is 348 g/mol. The number of piperidine rings is 1. The first kappa shape index (κ1) is 16.6. The Bertz CT molecular complexity index is 824. The quantitative estimate of drug-likeness (QED) is 0.731. The summed E-state index contributed by atoms with van der Waals surface area (Å²) in [6.45, 7) is 4.94. The van der Waals surface area contributed by atoms with Crippen molar-refractivity contribution in [2.24, 2.45) is 5.92 Å². The van der Waals surface area contributed by atoms with Gasteiger partial charge >= 0.3 is 0 Å². The molecule has 1 fully saturated rings. The van der Waals surface area contributed by atoms with Gasteiger partial charge in [0.15, 0.2) is 0 Å². The lowest BCUT2D eigenvalue weighted by atomic mass is 10.00. The van der Waals surface area contributed by atoms with Crippen molar-refractivity contribution < 1.29 is 4.42 Å². The molecule has 0 atom stereocenters. The van der Waals surface area contributed by atoms with E-state index in [0.29, 0.717) is 6.54 Å². The Morgan fingerprint density at radius 3 is 2.62 bits per heavy atom. The third-order valence-electron chi connectivity index (χ3n) is 4.87. The van der Waals surface area contributed by atoms with Gasteiger partial charge in [-0.2, -0.15) is 4.98 Å². The first-order valence-corrected chi connectivity index (χ1v) is 9.23. The van der Waals surface area contributed by atoms with E-state index in [1.54, 1.807) is 6.26 Å². The minimum absolute atomic E-state index is 0.606. The van der Waals surface area contributed by atoms with Crippen LogP contribution in [-0.2, 0) is 6.54 Å². The molecule has 0 spiro atoms. The third kappa shape index (κ3) is 3.87. The first-order valence-electron chi connectivity index (χ1n) is 9.23. The molecule has 5 nitrogen and oxygen atoms in total. The minimum Gasteiger partial charge on any atom is -0.467 e. The van der Waals surface area contributed by atoms with Gasteiger partial charge in [-0.15, -0.1) is 0 Å². The van der Waals surface area contributed by atoms with Gasteiger partial charge in [0, 0.05) is 24.7 Å². The summed E-state index contributed by atoms with van der Waals surface area (Å²) in [5, 5.41) is 3.37. The van der Waals surface area contributed by atoms with Gasteiger partial charge < -0.3 is 14.6 Å². The molecule has 0 amide bonds. The van der Waals surface area contributed by atoms with Crippen molar-refractivity contribution in [2.45, 2.75) is 26.3 Å². The Balaban J connectivity index is 1.62. The van der Waals surface area contributed by atoms with Crippen LogP contribution in [0.5, 0.6) is 0 Å². The monoisotopic (exact) mass is 348 g/mol. The van der Waals surface area contributed by atoms with Gasteiger partial charge in [-0.3, -0.25) is 0 Å². The molecule has 4 rings (SSSR count). The van der Waals surface area contributed by atoms with Crippen molar-refractivity contribution in [1.29, 1.82) is 0 Å². The molecule has 5 heteroatoms. The number of hydrogen-bond acceptors (Lipinski definition) is 5. The number of benzene rings is 1. The Hall–Kier alpha value is -2.82. The fourth-order valence-corrected chi connectivity index (χ4v) is 3.22. The fraction of sp³-hybridized carbons (Fsp3) is 0.333. The van der Waals surface area contributed by atoms with Crippen molar-refractivity contribution in [1.82, 2.24) is 9.97 Å². The number of nitrogens with one attached hydrogen (secondary N) is 1. The zero-order valence-electron chi connectivity index (χ0n) is 15.1. The maximum absolute atomic E-state index is 5.41. The van der Waals surface area contributed by atoms with Crippen LogP contribution in [0, 0.1) is 5.92 Å². The Morgan fingerprint density at radius 1 is 1.08 bits per heavy atom. The van der Waals surface area contributed by atoms with Crippen LogP contribution in [0.15, 0.2) is 59.2 Å². The normalized spacial score (nSPS) is 15.2. The summed E-state index contributed by atoms with van der Waals surface area (Å²) in [7, 11) is 0. The van der Waals surface area contributed by atoms with Crippen LogP contribution in [0.1, 0.15) is 25.5 Å². The van der Waals surface area contributed by atoms with E-state index in [-0.39, 0.29) is 0 Å². The van der Waals surface area contributed by atoms with Crippen LogP contribution in [0.2, 0.25) is 0 Å². The van der Waals surface area contributed by atoms with Crippen molar-refractivity contribution in [3.8, 4) is 11.3 Å². The topological polar surface area (TPSA) is 54.2 Å². The summed E-state index contributed by atoms with van der Waals surface area (Å²) in [6, 6.07) is 16.1. The van der Waals surface area contributed by atoms with Gasteiger partial charge in [-0.05, 0) is 30.9 Å². The molecular weight excluding hydrogens is 324 g/mol. The van der Waals surface area contributed by atoms with Crippen LogP contribution >= 0.6 is 0 Å². The minimum atomic E-state index is 0.606. The number of hydrogen-bond donors (Lipinski definition) is 1. The standard InChI is InChI=1S/C21H24N4O/c1-16-9-11-25(12-10-16)21-23-19(17-6-3-2-4-7-17)14-20(24-21)22-15-18-8-5-13-26-18/h2-8,13-14,16H,9-12,15H2,1H3,(H,22,23,24). The number of aromatic nitrogens is 2. The summed E-state index contributed by atoms with van der Waals surface area (Å²) in [5.74, 6) is 3.29. The smallest absolute Gasteiger partial charge is 0.227 e. The summed E-state index contributed by atoms with van der Waals surface area (Å²) in [4.78, 5) is 11.9. The van der Waals surface area contributed by atoms with Crippen molar-refractivity contribution >= 4 is 11.8 Å². The highest BCUT2D eigenvalue weighted by Gasteiger charge is 2.19. The Morgan fingerprint density at radius 2 is 1.88 bits per heavy atom. The molecule has 0 unspecified atom stereocenters. The molecule has 1 saturated heterocycles. The molecule has 26 heavy (non-hydrogen) atoms. The lowest BCUT2D eigenvalue weighted by molar-refractivity contribution is 0.434. The van der Waals surface area contributed by atoms with E-state index in [0.717, 1.165) is 47.8 Å². The highest BCUT2D eigenvalue weighted by atomic mass is 16.3. The summed E-state index contributed by atoms with van der Waals surface area (Å²) >= 11 is 0. The molecule has 2 aromatic heterocycles. The molecule has 0 bridgehead atoms. The molecule has 3 aromatic rings. The van der Waals surface area contributed by atoms with E-state index in [1.807, 2.05) is 36.4 Å².